The first kappa shape index (κ1) is 18.0. The van der Waals surface area contributed by atoms with Crippen molar-refractivity contribution in [3.8, 4) is 11.5 Å². The van der Waals surface area contributed by atoms with Crippen LogP contribution >= 0.6 is 0 Å². The summed E-state index contributed by atoms with van der Waals surface area (Å²) in [5.74, 6) is -0.327. The second-order valence-corrected chi connectivity index (χ2v) is 6.15. The molecule has 1 fully saturated rings. The van der Waals surface area contributed by atoms with E-state index in [1.165, 1.54) is 7.11 Å². The number of ether oxygens (including phenoxy) is 4. The van der Waals surface area contributed by atoms with Crippen LogP contribution in [0.2, 0.25) is 0 Å². The number of para-hydroxylation sites is 2. The van der Waals surface area contributed by atoms with Crippen molar-refractivity contribution in [2.75, 3.05) is 33.4 Å². The molecular weight excluding hydrogens is 342 g/mol. The van der Waals surface area contributed by atoms with E-state index in [1.54, 1.807) is 23.1 Å². The molecule has 0 radical (unpaired) electrons. The van der Waals surface area contributed by atoms with Gasteiger partial charge in [-0.2, -0.15) is 0 Å². The summed E-state index contributed by atoms with van der Waals surface area (Å²) in [7, 11) is 1.36. The molecule has 0 N–H and O–H groups in total. The number of likely N-dealkylation sites (tertiary alicyclic amines) is 1. The van der Waals surface area contributed by atoms with E-state index >= 15 is 0 Å². The molecule has 1 atom stereocenters. The Hall–Kier alpha value is -2.77. The SMILES string of the molecule is COC(=O)C1CCN(C(=O)COC(=O)[C@H]2COc3ccccc3O2)CC1. The quantitative estimate of drug-likeness (QED) is 0.730. The summed E-state index contributed by atoms with van der Waals surface area (Å²) < 4.78 is 20.8. The van der Waals surface area contributed by atoms with Crippen molar-refractivity contribution in [3.63, 3.8) is 0 Å². The first-order valence-corrected chi connectivity index (χ1v) is 8.49. The lowest BCUT2D eigenvalue weighted by atomic mass is 9.97. The maximum Gasteiger partial charge on any atom is 0.351 e. The van der Waals surface area contributed by atoms with E-state index in [4.69, 9.17) is 18.9 Å². The molecule has 3 rings (SSSR count). The molecule has 8 heteroatoms. The summed E-state index contributed by atoms with van der Waals surface area (Å²) in [6.45, 7) is 0.553. The zero-order valence-electron chi connectivity index (χ0n) is 14.5. The number of carbonyl (C=O) groups excluding carboxylic acids is 3. The lowest BCUT2D eigenvalue weighted by molar-refractivity contribution is -0.160. The molecule has 1 saturated heterocycles. The van der Waals surface area contributed by atoms with Gasteiger partial charge in [0.05, 0.1) is 13.0 Å². The highest BCUT2D eigenvalue weighted by molar-refractivity contribution is 5.83. The Morgan fingerprint density at radius 3 is 2.50 bits per heavy atom. The maximum absolute atomic E-state index is 12.2. The average Bonchev–Trinajstić information content (AvgIpc) is 2.70. The lowest BCUT2D eigenvalue weighted by Gasteiger charge is -2.30. The molecule has 140 valence electrons. The van der Waals surface area contributed by atoms with Gasteiger partial charge in [0.15, 0.2) is 18.1 Å². The molecule has 2 aliphatic rings. The van der Waals surface area contributed by atoms with Crippen LogP contribution in [0.25, 0.3) is 0 Å². The number of piperidine rings is 1. The van der Waals surface area contributed by atoms with Gasteiger partial charge >= 0.3 is 11.9 Å². The number of carbonyl (C=O) groups is 3. The Morgan fingerprint density at radius 2 is 1.81 bits per heavy atom. The van der Waals surface area contributed by atoms with E-state index in [2.05, 4.69) is 0 Å². The number of fused-ring (bicyclic) bond motifs is 1. The summed E-state index contributed by atoms with van der Waals surface area (Å²) in [5, 5.41) is 0. The van der Waals surface area contributed by atoms with E-state index in [9.17, 15) is 14.4 Å². The van der Waals surface area contributed by atoms with Crippen LogP contribution in [-0.4, -0.2) is 62.3 Å². The normalized spacial score (nSPS) is 19.6. The van der Waals surface area contributed by atoms with Crippen molar-refractivity contribution in [3.05, 3.63) is 24.3 Å². The smallest absolute Gasteiger partial charge is 0.351 e. The van der Waals surface area contributed by atoms with Crippen molar-refractivity contribution in [2.24, 2.45) is 5.92 Å². The summed E-state index contributed by atoms with van der Waals surface area (Å²) in [5.41, 5.74) is 0. The lowest BCUT2D eigenvalue weighted by Crippen LogP contribution is -2.44. The van der Waals surface area contributed by atoms with Crippen LogP contribution in [-0.2, 0) is 23.9 Å². The van der Waals surface area contributed by atoms with Crippen LogP contribution < -0.4 is 9.47 Å². The van der Waals surface area contributed by atoms with Gasteiger partial charge in [0.2, 0.25) is 6.10 Å². The molecule has 0 aromatic heterocycles. The van der Waals surface area contributed by atoms with Gasteiger partial charge in [-0.05, 0) is 25.0 Å². The van der Waals surface area contributed by atoms with Gasteiger partial charge in [-0.1, -0.05) is 12.1 Å². The molecule has 1 aromatic carbocycles. The second-order valence-electron chi connectivity index (χ2n) is 6.15. The number of hydrogen-bond donors (Lipinski definition) is 0. The summed E-state index contributed by atoms with van der Waals surface area (Å²) in [6.07, 6.45) is 0.189. The predicted octanol–water partition coefficient (Wildman–Crippen LogP) is 0.781. The highest BCUT2D eigenvalue weighted by Crippen LogP contribution is 2.31. The van der Waals surface area contributed by atoms with Gasteiger partial charge in [-0.25, -0.2) is 4.79 Å². The standard InChI is InChI=1S/C18H21NO7/c1-23-17(21)12-6-8-19(9-7-12)16(20)11-25-18(22)15-10-24-13-4-2-3-5-14(13)26-15/h2-5,12,15H,6-11H2,1H3/t15-/m1/s1. The third-order valence-corrected chi connectivity index (χ3v) is 4.49. The van der Waals surface area contributed by atoms with E-state index in [1.807, 2.05) is 6.07 Å². The monoisotopic (exact) mass is 363 g/mol. The molecule has 0 aliphatic carbocycles. The number of esters is 2. The highest BCUT2D eigenvalue weighted by Gasteiger charge is 2.31. The molecule has 1 aromatic rings. The van der Waals surface area contributed by atoms with E-state index in [0.717, 1.165) is 0 Å². The number of methoxy groups -OCH3 is 1. The summed E-state index contributed by atoms with van der Waals surface area (Å²) >= 11 is 0. The van der Waals surface area contributed by atoms with E-state index in [-0.39, 0.29) is 31.0 Å². The summed E-state index contributed by atoms with van der Waals surface area (Å²) in [6, 6.07) is 7.03. The fourth-order valence-electron chi connectivity index (χ4n) is 2.98. The van der Waals surface area contributed by atoms with Gasteiger partial charge < -0.3 is 23.8 Å². The highest BCUT2D eigenvalue weighted by atomic mass is 16.6. The van der Waals surface area contributed by atoms with Crippen LogP contribution in [0, 0.1) is 5.92 Å². The first-order chi connectivity index (χ1) is 12.6. The Labute approximate surface area is 150 Å². The van der Waals surface area contributed by atoms with Crippen molar-refractivity contribution in [2.45, 2.75) is 18.9 Å². The molecule has 8 nitrogen and oxygen atoms in total. The van der Waals surface area contributed by atoms with E-state index < -0.39 is 12.1 Å². The Kier molecular flexibility index (Phi) is 5.60. The fourth-order valence-corrected chi connectivity index (χ4v) is 2.98. The summed E-state index contributed by atoms with van der Waals surface area (Å²) in [4.78, 5) is 37.4. The van der Waals surface area contributed by atoms with Crippen LogP contribution in [0.15, 0.2) is 24.3 Å². The zero-order valence-corrected chi connectivity index (χ0v) is 14.5. The van der Waals surface area contributed by atoms with Crippen molar-refractivity contribution >= 4 is 17.8 Å². The molecular formula is C18H21NO7. The minimum Gasteiger partial charge on any atom is -0.485 e. The van der Waals surface area contributed by atoms with Crippen LogP contribution in [0.3, 0.4) is 0 Å². The fraction of sp³-hybridized carbons (Fsp3) is 0.500. The number of amides is 1. The molecule has 2 aliphatic heterocycles. The molecule has 0 bridgehead atoms. The molecule has 1 amide bonds. The van der Waals surface area contributed by atoms with E-state index in [0.29, 0.717) is 37.4 Å². The molecule has 0 saturated carbocycles. The Bertz CT molecular complexity index is 682. The molecule has 0 unspecified atom stereocenters. The number of rotatable bonds is 4. The maximum atomic E-state index is 12.2. The van der Waals surface area contributed by atoms with Gasteiger partial charge in [-0.15, -0.1) is 0 Å². The van der Waals surface area contributed by atoms with Gasteiger partial charge in [0.25, 0.3) is 5.91 Å². The van der Waals surface area contributed by atoms with Gasteiger partial charge in [0, 0.05) is 13.1 Å². The molecule has 0 spiro atoms. The number of benzene rings is 1. The topological polar surface area (TPSA) is 91.4 Å². The van der Waals surface area contributed by atoms with Gasteiger partial charge in [0.1, 0.15) is 6.61 Å². The first-order valence-electron chi connectivity index (χ1n) is 8.49. The van der Waals surface area contributed by atoms with Crippen molar-refractivity contribution < 1.29 is 33.3 Å². The number of hydrogen-bond acceptors (Lipinski definition) is 7. The molecule has 26 heavy (non-hydrogen) atoms. The number of nitrogens with zero attached hydrogens (tertiary/aromatic N) is 1. The van der Waals surface area contributed by atoms with Crippen LogP contribution in [0.1, 0.15) is 12.8 Å². The third-order valence-electron chi connectivity index (χ3n) is 4.49. The van der Waals surface area contributed by atoms with Crippen LogP contribution in [0.4, 0.5) is 0 Å². The van der Waals surface area contributed by atoms with Crippen molar-refractivity contribution in [1.29, 1.82) is 0 Å². The Morgan fingerprint density at radius 1 is 1.12 bits per heavy atom. The minimum absolute atomic E-state index is 0.0363. The average molecular weight is 363 g/mol. The minimum atomic E-state index is -0.900. The zero-order chi connectivity index (χ0) is 18.5. The van der Waals surface area contributed by atoms with Crippen LogP contribution in [0.5, 0.6) is 11.5 Å². The van der Waals surface area contributed by atoms with Gasteiger partial charge in [-0.3, -0.25) is 9.59 Å². The second kappa shape index (κ2) is 8.07. The largest absolute Gasteiger partial charge is 0.485 e. The van der Waals surface area contributed by atoms with Crippen molar-refractivity contribution in [1.82, 2.24) is 4.90 Å². The Balaban J connectivity index is 1.44. The predicted molar refractivity (Wildman–Crippen MR) is 88.6 cm³/mol. The molecule has 2 heterocycles. The third kappa shape index (κ3) is 4.07.